The normalized spacial score (nSPS) is 10.7. The molecule has 0 aliphatic heterocycles. The van der Waals surface area contributed by atoms with Crippen LogP contribution in [0.2, 0.25) is 0 Å². The van der Waals surface area contributed by atoms with Crippen LogP contribution in [0.15, 0.2) is 47.6 Å². The van der Waals surface area contributed by atoms with Crippen molar-refractivity contribution in [1.29, 1.82) is 0 Å². The van der Waals surface area contributed by atoms with E-state index >= 15 is 0 Å². The number of hydrogen-bond acceptors (Lipinski definition) is 4. The average Bonchev–Trinajstić information content (AvgIpc) is 2.53. The zero-order valence-electron chi connectivity index (χ0n) is 13.3. The Kier molecular flexibility index (Phi) is 5.83. The number of aryl methyl sites for hydroxylation is 1. The van der Waals surface area contributed by atoms with Crippen LogP contribution < -0.4 is 14.9 Å². The summed E-state index contributed by atoms with van der Waals surface area (Å²) in [4.78, 5) is 0. The van der Waals surface area contributed by atoms with Crippen molar-refractivity contribution >= 4 is 11.9 Å². The van der Waals surface area contributed by atoms with Crippen molar-refractivity contribution in [1.82, 2.24) is 0 Å². The predicted molar refractivity (Wildman–Crippen MR) is 91.2 cm³/mol. The molecule has 0 saturated carbocycles. The Morgan fingerprint density at radius 3 is 2.73 bits per heavy atom. The van der Waals surface area contributed by atoms with Crippen molar-refractivity contribution in [2.24, 2.45) is 5.10 Å². The van der Waals surface area contributed by atoms with Crippen LogP contribution in [0.1, 0.15) is 24.5 Å². The lowest BCUT2D eigenvalue weighted by Gasteiger charge is -2.10. The molecule has 0 radical (unpaired) electrons. The molecule has 0 spiro atoms. The molecule has 1 N–H and O–H groups in total. The number of methoxy groups -OCH3 is 1. The summed E-state index contributed by atoms with van der Waals surface area (Å²) in [7, 11) is 1.64. The van der Waals surface area contributed by atoms with E-state index in [1.54, 1.807) is 13.3 Å². The van der Waals surface area contributed by atoms with E-state index < -0.39 is 0 Å². The summed E-state index contributed by atoms with van der Waals surface area (Å²) in [6, 6.07) is 13.8. The standard InChI is InChI=1S/C18H22N2O2/c1-4-10-22-17-9-8-15(12-18(17)21-3)13-19-20-16-7-5-6-14(2)11-16/h5-9,11-13,20H,4,10H2,1-3H3/b19-13-. The minimum absolute atomic E-state index is 0.679. The van der Waals surface area contributed by atoms with Crippen LogP contribution in [-0.2, 0) is 0 Å². The minimum atomic E-state index is 0.679. The Morgan fingerprint density at radius 1 is 1.14 bits per heavy atom. The second kappa shape index (κ2) is 8.08. The van der Waals surface area contributed by atoms with E-state index in [0.29, 0.717) is 12.4 Å². The lowest BCUT2D eigenvalue weighted by atomic mass is 10.2. The lowest BCUT2D eigenvalue weighted by molar-refractivity contribution is 0.294. The molecule has 116 valence electrons. The van der Waals surface area contributed by atoms with E-state index in [4.69, 9.17) is 9.47 Å². The van der Waals surface area contributed by atoms with Crippen LogP contribution in [0.3, 0.4) is 0 Å². The van der Waals surface area contributed by atoms with Crippen molar-refractivity contribution in [3.05, 3.63) is 53.6 Å². The molecule has 0 aliphatic carbocycles. The van der Waals surface area contributed by atoms with Crippen molar-refractivity contribution in [2.45, 2.75) is 20.3 Å². The second-order valence-corrected chi connectivity index (χ2v) is 5.00. The van der Waals surface area contributed by atoms with E-state index in [0.717, 1.165) is 23.4 Å². The van der Waals surface area contributed by atoms with E-state index in [1.807, 2.05) is 36.4 Å². The van der Waals surface area contributed by atoms with Gasteiger partial charge in [0.25, 0.3) is 0 Å². The van der Waals surface area contributed by atoms with E-state index in [9.17, 15) is 0 Å². The molecule has 22 heavy (non-hydrogen) atoms. The molecule has 0 amide bonds. The molecule has 0 fully saturated rings. The maximum absolute atomic E-state index is 5.63. The number of hydrogen-bond donors (Lipinski definition) is 1. The first kappa shape index (κ1) is 15.9. The summed E-state index contributed by atoms with van der Waals surface area (Å²) in [5.41, 5.74) is 6.12. The van der Waals surface area contributed by atoms with Gasteiger partial charge in [0.05, 0.1) is 25.6 Å². The number of nitrogens with zero attached hydrogens (tertiary/aromatic N) is 1. The molecule has 2 aromatic carbocycles. The maximum Gasteiger partial charge on any atom is 0.161 e. The second-order valence-electron chi connectivity index (χ2n) is 5.00. The molecule has 4 heteroatoms. The maximum atomic E-state index is 5.63. The number of nitrogens with one attached hydrogen (secondary N) is 1. The highest BCUT2D eigenvalue weighted by Gasteiger charge is 2.04. The molecule has 0 bridgehead atoms. The summed E-state index contributed by atoms with van der Waals surface area (Å²) in [6.45, 7) is 4.80. The van der Waals surface area contributed by atoms with Crippen LogP contribution in [0.4, 0.5) is 5.69 Å². The quantitative estimate of drug-likeness (QED) is 0.614. The summed E-state index contributed by atoms with van der Waals surface area (Å²) in [5.74, 6) is 1.47. The summed E-state index contributed by atoms with van der Waals surface area (Å²) < 4.78 is 11.0. The SMILES string of the molecule is CCCOc1ccc(/C=N\Nc2cccc(C)c2)cc1OC. The van der Waals surface area contributed by atoms with Crippen molar-refractivity contribution in [2.75, 3.05) is 19.1 Å². The van der Waals surface area contributed by atoms with E-state index in [1.165, 1.54) is 5.56 Å². The van der Waals surface area contributed by atoms with Crippen LogP contribution in [0.5, 0.6) is 11.5 Å². The third-order valence-corrected chi connectivity index (χ3v) is 3.07. The topological polar surface area (TPSA) is 42.8 Å². The number of hydrazone groups is 1. The number of anilines is 1. The van der Waals surface area contributed by atoms with Crippen molar-refractivity contribution in [3.8, 4) is 11.5 Å². The molecule has 4 nitrogen and oxygen atoms in total. The van der Waals surface area contributed by atoms with Crippen LogP contribution in [0.25, 0.3) is 0 Å². The number of ether oxygens (including phenoxy) is 2. The zero-order chi connectivity index (χ0) is 15.8. The summed E-state index contributed by atoms with van der Waals surface area (Å²) in [6.07, 6.45) is 2.72. The predicted octanol–water partition coefficient (Wildman–Crippen LogP) is 4.24. The highest BCUT2D eigenvalue weighted by Crippen LogP contribution is 2.27. The molecule has 0 aromatic heterocycles. The average molecular weight is 298 g/mol. The smallest absolute Gasteiger partial charge is 0.161 e. The highest BCUT2D eigenvalue weighted by molar-refractivity contribution is 5.81. The van der Waals surface area contributed by atoms with E-state index in [-0.39, 0.29) is 0 Å². The Morgan fingerprint density at radius 2 is 2.00 bits per heavy atom. The third-order valence-electron chi connectivity index (χ3n) is 3.07. The van der Waals surface area contributed by atoms with Gasteiger partial charge < -0.3 is 9.47 Å². The first-order chi connectivity index (χ1) is 10.7. The molecular weight excluding hydrogens is 276 g/mol. The Balaban J connectivity index is 2.04. The first-order valence-electron chi connectivity index (χ1n) is 7.39. The minimum Gasteiger partial charge on any atom is -0.493 e. The van der Waals surface area contributed by atoms with Gasteiger partial charge in [0.2, 0.25) is 0 Å². The van der Waals surface area contributed by atoms with Gasteiger partial charge in [-0.3, -0.25) is 5.43 Å². The zero-order valence-corrected chi connectivity index (χ0v) is 13.3. The van der Waals surface area contributed by atoms with Gasteiger partial charge >= 0.3 is 0 Å². The Bertz CT molecular complexity index is 639. The van der Waals surface area contributed by atoms with Crippen LogP contribution in [-0.4, -0.2) is 19.9 Å². The highest BCUT2D eigenvalue weighted by atomic mass is 16.5. The van der Waals surface area contributed by atoms with Gasteiger partial charge in [-0.1, -0.05) is 19.1 Å². The van der Waals surface area contributed by atoms with Gasteiger partial charge in [-0.05, 0) is 54.8 Å². The van der Waals surface area contributed by atoms with E-state index in [2.05, 4.69) is 30.4 Å². The molecule has 0 unspecified atom stereocenters. The number of rotatable bonds is 7. The molecule has 0 saturated heterocycles. The molecule has 0 aliphatic rings. The van der Waals surface area contributed by atoms with Gasteiger partial charge in [-0.25, -0.2) is 0 Å². The summed E-state index contributed by atoms with van der Waals surface area (Å²) in [5, 5.41) is 4.25. The monoisotopic (exact) mass is 298 g/mol. The third kappa shape index (κ3) is 4.52. The molecule has 2 rings (SSSR count). The molecule has 2 aromatic rings. The number of benzene rings is 2. The van der Waals surface area contributed by atoms with Crippen molar-refractivity contribution in [3.63, 3.8) is 0 Å². The fourth-order valence-electron chi connectivity index (χ4n) is 1.99. The fourth-order valence-corrected chi connectivity index (χ4v) is 1.99. The van der Waals surface area contributed by atoms with Gasteiger partial charge in [-0.15, -0.1) is 0 Å². The van der Waals surface area contributed by atoms with Crippen LogP contribution >= 0.6 is 0 Å². The molecule has 0 atom stereocenters. The van der Waals surface area contributed by atoms with Crippen molar-refractivity contribution < 1.29 is 9.47 Å². The Labute approximate surface area is 131 Å². The van der Waals surface area contributed by atoms with Gasteiger partial charge in [-0.2, -0.15) is 5.10 Å². The fraction of sp³-hybridized carbons (Fsp3) is 0.278. The first-order valence-corrected chi connectivity index (χ1v) is 7.39. The van der Waals surface area contributed by atoms with Gasteiger partial charge in [0.1, 0.15) is 0 Å². The van der Waals surface area contributed by atoms with Gasteiger partial charge in [0.15, 0.2) is 11.5 Å². The Hall–Kier alpha value is -2.49. The van der Waals surface area contributed by atoms with Gasteiger partial charge in [0, 0.05) is 0 Å². The lowest BCUT2D eigenvalue weighted by Crippen LogP contribution is -1.98. The molecule has 0 heterocycles. The summed E-state index contributed by atoms with van der Waals surface area (Å²) >= 11 is 0. The molecular formula is C18H22N2O2. The largest absolute Gasteiger partial charge is 0.493 e. The van der Waals surface area contributed by atoms with Crippen LogP contribution in [0, 0.1) is 6.92 Å².